The summed E-state index contributed by atoms with van der Waals surface area (Å²) < 4.78 is 15.8. The van der Waals surface area contributed by atoms with Crippen LogP contribution >= 0.6 is 0 Å². The molecule has 3 N–H and O–H groups in total. The lowest BCUT2D eigenvalue weighted by molar-refractivity contribution is -0.00177. The normalized spacial score (nSPS) is 18.9. The number of nitriles is 1. The standard InChI is InChI=1S/C24H26FN6O2/c1-14-6-16(7-14)30-19-9-20(21-5-4-17-8-15(10-26)11-29-31(17)21)27-12-18(19)23(32)28-13-22(25)24(2,3)33/h4-5,8-9,11-12,14,16,22,33H,1,6-7,13H2,2-3H3,(H,27,30)(H,28,32)/t14?,16?,22-/m1/s1. The van der Waals surface area contributed by atoms with E-state index in [1.54, 1.807) is 16.6 Å². The van der Waals surface area contributed by atoms with Gasteiger partial charge in [-0.05, 0) is 56.9 Å². The summed E-state index contributed by atoms with van der Waals surface area (Å²) in [5.41, 5.74) is 1.82. The number of fused-ring (bicyclic) bond motifs is 1. The third-order valence-electron chi connectivity index (χ3n) is 5.84. The Bertz CT molecular complexity index is 1220. The summed E-state index contributed by atoms with van der Waals surface area (Å²) >= 11 is 0. The zero-order chi connectivity index (χ0) is 23.8. The Morgan fingerprint density at radius 3 is 2.82 bits per heavy atom. The molecule has 0 aromatic carbocycles. The molecule has 4 rings (SSSR count). The van der Waals surface area contributed by atoms with E-state index in [9.17, 15) is 14.3 Å². The van der Waals surface area contributed by atoms with Crippen molar-refractivity contribution in [2.75, 3.05) is 11.9 Å². The van der Waals surface area contributed by atoms with E-state index in [4.69, 9.17) is 5.26 Å². The van der Waals surface area contributed by atoms with Crippen LogP contribution in [0.3, 0.4) is 0 Å². The van der Waals surface area contributed by atoms with E-state index >= 15 is 0 Å². The van der Waals surface area contributed by atoms with Gasteiger partial charge in [-0.3, -0.25) is 9.78 Å². The molecule has 8 nitrogen and oxygen atoms in total. The zero-order valence-corrected chi connectivity index (χ0v) is 18.5. The highest BCUT2D eigenvalue weighted by atomic mass is 19.1. The highest BCUT2D eigenvalue weighted by Gasteiger charge is 2.29. The van der Waals surface area contributed by atoms with Gasteiger partial charge in [-0.15, -0.1) is 0 Å². The molecule has 0 saturated heterocycles. The molecule has 171 valence electrons. The van der Waals surface area contributed by atoms with Crippen molar-refractivity contribution >= 4 is 17.1 Å². The molecule has 1 amide bonds. The van der Waals surface area contributed by atoms with E-state index in [2.05, 4.69) is 33.7 Å². The van der Waals surface area contributed by atoms with E-state index in [0.717, 1.165) is 18.4 Å². The summed E-state index contributed by atoms with van der Waals surface area (Å²) in [6, 6.07) is 9.45. The lowest BCUT2D eigenvalue weighted by Crippen LogP contribution is -2.42. The molecule has 3 aromatic rings. The van der Waals surface area contributed by atoms with Gasteiger partial charge < -0.3 is 15.7 Å². The minimum Gasteiger partial charge on any atom is -0.387 e. The van der Waals surface area contributed by atoms with Crippen molar-refractivity contribution in [1.82, 2.24) is 19.9 Å². The number of nitrogens with zero attached hydrogens (tertiary/aromatic N) is 4. The largest absolute Gasteiger partial charge is 0.387 e. The van der Waals surface area contributed by atoms with Crippen LogP contribution in [0.25, 0.3) is 16.9 Å². The Morgan fingerprint density at radius 2 is 2.15 bits per heavy atom. The van der Waals surface area contributed by atoms with Crippen LogP contribution in [-0.2, 0) is 0 Å². The monoisotopic (exact) mass is 449 g/mol. The molecule has 1 fully saturated rings. The van der Waals surface area contributed by atoms with E-state index in [1.165, 1.54) is 26.2 Å². The van der Waals surface area contributed by atoms with E-state index < -0.39 is 17.7 Å². The molecular formula is C24H26FN6O2. The first-order valence-corrected chi connectivity index (χ1v) is 10.8. The Kier molecular flexibility index (Phi) is 6.04. The first kappa shape index (κ1) is 22.7. The first-order valence-electron chi connectivity index (χ1n) is 10.8. The van der Waals surface area contributed by atoms with Crippen LogP contribution in [0.2, 0.25) is 0 Å². The van der Waals surface area contributed by atoms with Gasteiger partial charge in [-0.2, -0.15) is 10.4 Å². The number of rotatable bonds is 7. The number of hydrogen-bond donors (Lipinski definition) is 3. The Morgan fingerprint density at radius 1 is 1.39 bits per heavy atom. The summed E-state index contributed by atoms with van der Waals surface area (Å²) in [6.45, 7) is 6.43. The van der Waals surface area contributed by atoms with Crippen LogP contribution in [0.4, 0.5) is 10.1 Å². The van der Waals surface area contributed by atoms with Crippen LogP contribution in [0.1, 0.15) is 42.6 Å². The maximum Gasteiger partial charge on any atom is 0.255 e. The van der Waals surface area contributed by atoms with E-state index in [1.807, 2.05) is 12.1 Å². The second-order valence-corrected chi connectivity index (χ2v) is 9.04. The van der Waals surface area contributed by atoms with Gasteiger partial charge in [0.25, 0.3) is 5.91 Å². The molecule has 0 spiro atoms. The van der Waals surface area contributed by atoms with E-state index in [0.29, 0.717) is 28.6 Å². The SMILES string of the molecule is [CH2]C1CC(Nc2cc(-c3ccc4cc(C#N)cnn34)ncc2C(=O)NC[C@@H](F)C(C)(C)O)C1. The van der Waals surface area contributed by atoms with Gasteiger partial charge in [0.05, 0.1) is 52.1 Å². The number of amides is 1. The van der Waals surface area contributed by atoms with Gasteiger partial charge in [0.2, 0.25) is 0 Å². The molecule has 0 unspecified atom stereocenters. The molecule has 1 aliphatic rings. The number of nitrogens with one attached hydrogen (secondary N) is 2. The summed E-state index contributed by atoms with van der Waals surface area (Å²) in [5, 5.41) is 29.1. The van der Waals surface area contributed by atoms with Crippen molar-refractivity contribution < 1.29 is 14.3 Å². The van der Waals surface area contributed by atoms with Crippen LogP contribution in [-0.4, -0.2) is 50.0 Å². The van der Waals surface area contributed by atoms with Crippen LogP contribution in [0.15, 0.2) is 36.7 Å². The molecule has 1 saturated carbocycles. The number of carbonyl (C=O) groups excluding carboxylic acids is 1. The fraction of sp³-hybridized carbons (Fsp3) is 0.375. The number of pyridine rings is 1. The van der Waals surface area contributed by atoms with Crippen molar-refractivity contribution in [2.24, 2.45) is 5.92 Å². The molecule has 3 heterocycles. The number of alkyl halides is 1. The number of hydrogen-bond acceptors (Lipinski definition) is 6. The number of aliphatic hydroxyl groups is 1. The Labute approximate surface area is 191 Å². The number of aromatic nitrogens is 3. The summed E-state index contributed by atoms with van der Waals surface area (Å²) in [4.78, 5) is 17.3. The average Bonchev–Trinajstić information content (AvgIpc) is 3.18. The minimum absolute atomic E-state index is 0.181. The highest BCUT2D eigenvalue weighted by Crippen LogP contribution is 2.32. The maximum atomic E-state index is 14.1. The fourth-order valence-corrected chi connectivity index (χ4v) is 3.75. The molecule has 1 aliphatic carbocycles. The Hall–Kier alpha value is -3.51. The quantitative estimate of drug-likeness (QED) is 0.510. The second-order valence-electron chi connectivity index (χ2n) is 9.04. The van der Waals surface area contributed by atoms with Crippen LogP contribution in [0, 0.1) is 24.2 Å². The molecule has 33 heavy (non-hydrogen) atoms. The van der Waals surface area contributed by atoms with Crippen molar-refractivity contribution in [3.8, 4) is 17.5 Å². The molecule has 0 aliphatic heterocycles. The summed E-state index contributed by atoms with van der Waals surface area (Å²) in [6.07, 6.45) is 3.09. The van der Waals surface area contributed by atoms with Gasteiger partial charge in [0.15, 0.2) is 0 Å². The van der Waals surface area contributed by atoms with Crippen molar-refractivity contribution in [1.29, 1.82) is 5.26 Å². The lowest BCUT2D eigenvalue weighted by atomic mass is 9.81. The molecule has 3 aromatic heterocycles. The van der Waals surface area contributed by atoms with Crippen molar-refractivity contribution in [3.05, 3.63) is 54.7 Å². The number of halogens is 1. The number of carbonyl (C=O) groups is 1. The fourth-order valence-electron chi connectivity index (χ4n) is 3.75. The van der Waals surface area contributed by atoms with Crippen LogP contribution in [0.5, 0.6) is 0 Å². The molecular weight excluding hydrogens is 423 g/mol. The molecule has 1 radical (unpaired) electrons. The summed E-state index contributed by atoms with van der Waals surface area (Å²) in [7, 11) is 0. The van der Waals surface area contributed by atoms with Crippen LogP contribution < -0.4 is 10.6 Å². The van der Waals surface area contributed by atoms with Crippen molar-refractivity contribution in [3.63, 3.8) is 0 Å². The molecule has 0 bridgehead atoms. The predicted octanol–water partition coefficient (Wildman–Crippen LogP) is 3.13. The maximum absolute atomic E-state index is 14.1. The van der Waals surface area contributed by atoms with Gasteiger partial charge in [0, 0.05) is 12.2 Å². The molecule has 9 heteroatoms. The Balaban J connectivity index is 1.64. The zero-order valence-electron chi connectivity index (χ0n) is 18.5. The molecule has 1 atom stereocenters. The smallest absolute Gasteiger partial charge is 0.255 e. The van der Waals surface area contributed by atoms with Gasteiger partial charge in [-0.1, -0.05) is 6.92 Å². The summed E-state index contributed by atoms with van der Waals surface area (Å²) in [5.74, 6) is -0.112. The first-order chi connectivity index (χ1) is 15.7. The topological polar surface area (TPSA) is 115 Å². The number of anilines is 1. The van der Waals surface area contributed by atoms with Gasteiger partial charge >= 0.3 is 0 Å². The van der Waals surface area contributed by atoms with Crippen molar-refractivity contribution in [2.45, 2.75) is 44.5 Å². The average molecular weight is 450 g/mol. The third kappa shape index (κ3) is 4.81. The van der Waals surface area contributed by atoms with Gasteiger partial charge in [-0.25, -0.2) is 8.91 Å². The third-order valence-corrected chi connectivity index (χ3v) is 5.84. The van der Waals surface area contributed by atoms with Gasteiger partial charge in [0.1, 0.15) is 12.2 Å². The second kappa shape index (κ2) is 8.79. The highest BCUT2D eigenvalue weighted by molar-refractivity contribution is 6.00. The lowest BCUT2D eigenvalue weighted by Gasteiger charge is -2.34. The minimum atomic E-state index is -1.61. The predicted molar refractivity (Wildman–Crippen MR) is 122 cm³/mol. The van der Waals surface area contributed by atoms with E-state index in [-0.39, 0.29) is 18.2 Å².